The van der Waals surface area contributed by atoms with Gasteiger partial charge in [-0.15, -0.1) is 0 Å². The van der Waals surface area contributed by atoms with Crippen molar-refractivity contribution < 1.29 is 28.2 Å². The lowest BCUT2D eigenvalue weighted by atomic mass is 10.1. The smallest absolute Gasteiger partial charge is 0.338 e. The van der Waals surface area contributed by atoms with Gasteiger partial charge in [-0.25, -0.2) is 13.6 Å². The highest BCUT2D eigenvalue weighted by atomic mass is 19.1. The second-order valence-corrected chi connectivity index (χ2v) is 4.46. The standard InChI is InChI=1S/C13H13F2NO4/c14-8-6-9(15)10(5-7(8)13(18)19)16-12(17)11-3-1-2-4-20-11/h5-6,11H,1-4H2,(H,16,17)(H,18,19). The number of hydrogen-bond donors (Lipinski definition) is 2. The first kappa shape index (κ1) is 14.4. The number of rotatable bonds is 3. The summed E-state index contributed by atoms with van der Waals surface area (Å²) in [5, 5.41) is 11.0. The van der Waals surface area contributed by atoms with Crippen LogP contribution in [0.1, 0.15) is 29.6 Å². The van der Waals surface area contributed by atoms with Crippen LogP contribution in [0.2, 0.25) is 0 Å². The third kappa shape index (κ3) is 3.11. The Morgan fingerprint density at radius 3 is 2.60 bits per heavy atom. The molecular weight excluding hydrogens is 272 g/mol. The maximum atomic E-state index is 13.5. The van der Waals surface area contributed by atoms with Crippen LogP contribution in [0.25, 0.3) is 0 Å². The zero-order valence-corrected chi connectivity index (χ0v) is 10.5. The van der Waals surface area contributed by atoms with E-state index in [0.717, 1.165) is 18.9 Å². The predicted octanol–water partition coefficient (Wildman–Crippen LogP) is 2.17. The van der Waals surface area contributed by atoms with Crippen molar-refractivity contribution >= 4 is 17.6 Å². The van der Waals surface area contributed by atoms with Crippen LogP contribution >= 0.6 is 0 Å². The largest absolute Gasteiger partial charge is 0.478 e. The number of carboxylic acid groups (broad SMARTS) is 1. The number of benzene rings is 1. The van der Waals surface area contributed by atoms with Crippen LogP contribution in [0.4, 0.5) is 14.5 Å². The van der Waals surface area contributed by atoms with E-state index >= 15 is 0 Å². The Balaban J connectivity index is 2.18. The van der Waals surface area contributed by atoms with E-state index in [2.05, 4.69) is 5.32 Å². The summed E-state index contributed by atoms with van der Waals surface area (Å²) in [7, 11) is 0. The molecule has 0 radical (unpaired) electrons. The molecule has 1 amide bonds. The number of carbonyl (C=O) groups is 2. The number of amides is 1. The van der Waals surface area contributed by atoms with Crippen LogP contribution in [0, 0.1) is 11.6 Å². The van der Waals surface area contributed by atoms with Gasteiger partial charge in [0, 0.05) is 12.7 Å². The minimum absolute atomic E-state index is 0.372. The molecule has 1 aliphatic heterocycles. The molecule has 1 heterocycles. The van der Waals surface area contributed by atoms with Gasteiger partial charge < -0.3 is 15.2 Å². The Bertz CT molecular complexity index is 541. The minimum atomic E-state index is -1.54. The quantitative estimate of drug-likeness (QED) is 0.892. The molecule has 1 unspecified atom stereocenters. The molecule has 20 heavy (non-hydrogen) atoms. The normalized spacial score (nSPS) is 18.6. The molecule has 0 aromatic heterocycles. The van der Waals surface area contributed by atoms with E-state index in [-0.39, 0.29) is 5.69 Å². The van der Waals surface area contributed by atoms with Gasteiger partial charge in [-0.2, -0.15) is 0 Å². The second kappa shape index (κ2) is 5.96. The molecule has 2 N–H and O–H groups in total. The van der Waals surface area contributed by atoms with E-state index < -0.39 is 35.2 Å². The van der Waals surface area contributed by atoms with E-state index in [9.17, 15) is 18.4 Å². The fourth-order valence-corrected chi connectivity index (χ4v) is 1.97. The van der Waals surface area contributed by atoms with Gasteiger partial charge in [-0.05, 0) is 25.3 Å². The third-order valence-electron chi connectivity index (χ3n) is 3.02. The molecule has 1 saturated heterocycles. The summed E-state index contributed by atoms with van der Waals surface area (Å²) in [6.07, 6.45) is 1.50. The Hall–Kier alpha value is -2.02. The van der Waals surface area contributed by atoms with Crippen LogP contribution in [-0.4, -0.2) is 29.7 Å². The predicted molar refractivity (Wildman–Crippen MR) is 65.5 cm³/mol. The highest BCUT2D eigenvalue weighted by Gasteiger charge is 2.24. The van der Waals surface area contributed by atoms with Gasteiger partial charge in [0.15, 0.2) is 0 Å². The summed E-state index contributed by atoms with van der Waals surface area (Å²) in [4.78, 5) is 22.6. The Labute approximate surface area is 113 Å². The fourth-order valence-electron chi connectivity index (χ4n) is 1.97. The van der Waals surface area contributed by atoms with Crippen molar-refractivity contribution in [3.63, 3.8) is 0 Å². The summed E-state index contributed by atoms with van der Waals surface area (Å²) in [6, 6.07) is 1.19. The number of carbonyl (C=O) groups excluding carboxylic acids is 1. The molecule has 108 valence electrons. The van der Waals surface area contributed by atoms with Crippen LogP contribution in [0.15, 0.2) is 12.1 Å². The molecule has 1 atom stereocenters. The second-order valence-electron chi connectivity index (χ2n) is 4.46. The number of ether oxygens (including phenoxy) is 1. The molecule has 1 aliphatic rings. The topological polar surface area (TPSA) is 75.6 Å². The van der Waals surface area contributed by atoms with Crippen molar-refractivity contribution in [1.82, 2.24) is 0 Å². The average molecular weight is 285 g/mol. The average Bonchev–Trinajstić information content (AvgIpc) is 2.42. The Kier molecular flexibility index (Phi) is 4.29. The molecule has 5 nitrogen and oxygen atoms in total. The Morgan fingerprint density at radius 2 is 2.00 bits per heavy atom. The van der Waals surface area contributed by atoms with Crippen molar-refractivity contribution in [2.24, 2.45) is 0 Å². The lowest BCUT2D eigenvalue weighted by molar-refractivity contribution is -0.130. The number of carboxylic acids is 1. The summed E-state index contributed by atoms with van der Waals surface area (Å²) < 4.78 is 32.0. The van der Waals surface area contributed by atoms with E-state index in [4.69, 9.17) is 9.84 Å². The van der Waals surface area contributed by atoms with Gasteiger partial charge >= 0.3 is 5.97 Å². The molecule has 0 aliphatic carbocycles. The van der Waals surface area contributed by atoms with Gasteiger partial charge in [-0.3, -0.25) is 4.79 Å². The number of anilines is 1. The van der Waals surface area contributed by atoms with Gasteiger partial charge in [0.2, 0.25) is 0 Å². The van der Waals surface area contributed by atoms with Gasteiger partial charge in [-0.1, -0.05) is 0 Å². The molecular formula is C13H13F2NO4. The molecule has 2 rings (SSSR count). The van der Waals surface area contributed by atoms with Crippen molar-refractivity contribution in [1.29, 1.82) is 0 Å². The van der Waals surface area contributed by atoms with Gasteiger partial charge in [0.25, 0.3) is 5.91 Å². The van der Waals surface area contributed by atoms with E-state index in [0.29, 0.717) is 19.1 Å². The summed E-state index contributed by atoms with van der Waals surface area (Å²) >= 11 is 0. The molecule has 1 fully saturated rings. The first-order valence-electron chi connectivity index (χ1n) is 6.14. The minimum Gasteiger partial charge on any atom is -0.478 e. The molecule has 0 saturated carbocycles. The first-order valence-corrected chi connectivity index (χ1v) is 6.14. The Morgan fingerprint density at radius 1 is 1.25 bits per heavy atom. The van der Waals surface area contributed by atoms with Crippen LogP contribution < -0.4 is 5.32 Å². The summed E-state index contributed by atoms with van der Waals surface area (Å²) in [5.41, 5.74) is -1.07. The van der Waals surface area contributed by atoms with E-state index in [1.165, 1.54) is 0 Å². The maximum Gasteiger partial charge on any atom is 0.338 e. The van der Waals surface area contributed by atoms with Crippen molar-refractivity contribution in [3.05, 3.63) is 29.3 Å². The molecule has 0 spiro atoms. The lowest BCUT2D eigenvalue weighted by Crippen LogP contribution is -2.33. The highest BCUT2D eigenvalue weighted by Crippen LogP contribution is 2.21. The van der Waals surface area contributed by atoms with E-state index in [1.54, 1.807) is 0 Å². The zero-order chi connectivity index (χ0) is 14.7. The molecule has 1 aromatic rings. The van der Waals surface area contributed by atoms with Crippen molar-refractivity contribution in [2.75, 3.05) is 11.9 Å². The maximum absolute atomic E-state index is 13.5. The van der Waals surface area contributed by atoms with Gasteiger partial charge in [0.1, 0.15) is 17.7 Å². The third-order valence-corrected chi connectivity index (χ3v) is 3.02. The molecule has 1 aromatic carbocycles. The van der Waals surface area contributed by atoms with Gasteiger partial charge in [0.05, 0.1) is 11.3 Å². The number of aromatic carboxylic acids is 1. The fraction of sp³-hybridized carbons (Fsp3) is 0.385. The summed E-state index contributed by atoms with van der Waals surface area (Å²) in [5.74, 6) is -4.32. The van der Waals surface area contributed by atoms with Crippen LogP contribution in [0.5, 0.6) is 0 Å². The number of hydrogen-bond acceptors (Lipinski definition) is 3. The number of halogens is 2. The first-order chi connectivity index (χ1) is 9.49. The van der Waals surface area contributed by atoms with Crippen LogP contribution in [-0.2, 0) is 9.53 Å². The summed E-state index contributed by atoms with van der Waals surface area (Å²) in [6.45, 7) is 0.449. The van der Waals surface area contributed by atoms with E-state index in [1.807, 2.05) is 0 Å². The van der Waals surface area contributed by atoms with Crippen LogP contribution in [0.3, 0.4) is 0 Å². The zero-order valence-electron chi connectivity index (χ0n) is 10.5. The molecule has 0 bridgehead atoms. The lowest BCUT2D eigenvalue weighted by Gasteiger charge is -2.21. The van der Waals surface area contributed by atoms with Crippen molar-refractivity contribution in [2.45, 2.75) is 25.4 Å². The monoisotopic (exact) mass is 285 g/mol. The van der Waals surface area contributed by atoms with Crippen molar-refractivity contribution in [3.8, 4) is 0 Å². The molecule has 7 heteroatoms. The highest BCUT2D eigenvalue weighted by molar-refractivity contribution is 5.96. The number of nitrogens with one attached hydrogen (secondary N) is 1. The SMILES string of the molecule is O=C(O)c1cc(NC(=O)C2CCCCO2)c(F)cc1F.